The van der Waals surface area contributed by atoms with Crippen molar-refractivity contribution >= 4 is 17.4 Å². The average molecular weight is 246 g/mol. The number of nitrogens with two attached hydrogens (primary N) is 1. The second kappa shape index (κ2) is 5.31. The van der Waals surface area contributed by atoms with Crippen molar-refractivity contribution in [1.82, 2.24) is 0 Å². The molecular formula is C14H18N2O2. The third kappa shape index (κ3) is 2.29. The number of ketones is 1. The fourth-order valence-electron chi connectivity index (χ4n) is 2.30. The summed E-state index contributed by atoms with van der Waals surface area (Å²) in [6, 6.07) is 5.48. The topological polar surface area (TPSA) is 63.4 Å². The molecule has 1 aromatic carbocycles. The van der Waals surface area contributed by atoms with Crippen LogP contribution in [0.25, 0.3) is 0 Å². The molecule has 2 N–H and O–H groups in total. The van der Waals surface area contributed by atoms with Crippen molar-refractivity contribution in [3.05, 3.63) is 29.3 Å². The number of rotatable bonds is 4. The third-order valence-corrected chi connectivity index (χ3v) is 3.25. The number of anilines is 1. The Morgan fingerprint density at radius 3 is 2.83 bits per heavy atom. The molecule has 1 aliphatic heterocycles. The molecule has 1 heterocycles. The Balaban J connectivity index is 2.25. The summed E-state index contributed by atoms with van der Waals surface area (Å²) >= 11 is 0. The van der Waals surface area contributed by atoms with E-state index in [0.29, 0.717) is 18.5 Å². The highest BCUT2D eigenvalue weighted by Crippen LogP contribution is 2.29. The molecule has 0 aromatic heterocycles. The van der Waals surface area contributed by atoms with Gasteiger partial charge in [0.05, 0.1) is 6.54 Å². The van der Waals surface area contributed by atoms with E-state index < -0.39 is 0 Å². The molecule has 0 saturated carbocycles. The normalized spacial score (nSPS) is 13.6. The van der Waals surface area contributed by atoms with E-state index in [1.165, 1.54) is 0 Å². The van der Waals surface area contributed by atoms with Crippen molar-refractivity contribution in [3.63, 3.8) is 0 Å². The van der Waals surface area contributed by atoms with Crippen LogP contribution in [-0.2, 0) is 11.2 Å². The zero-order valence-corrected chi connectivity index (χ0v) is 10.6. The largest absolute Gasteiger partial charge is 0.324 e. The van der Waals surface area contributed by atoms with E-state index >= 15 is 0 Å². The first-order chi connectivity index (χ1) is 8.67. The molecule has 0 radical (unpaired) electrons. The Kier molecular flexibility index (Phi) is 3.77. The van der Waals surface area contributed by atoms with E-state index in [-0.39, 0.29) is 18.2 Å². The maximum Gasteiger partial charge on any atom is 0.226 e. The Bertz CT molecular complexity index is 483. The van der Waals surface area contributed by atoms with Gasteiger partial charge in [-0.15, -0.1) is 0 Å². The second-order valence-corrected chi connectivity index (χ2v) is 4.52. The van der Waals surface area contributed by atoms with Crippen molar-refractivity contribution in [2.75, 3.05) is 18.0 Å². The van der Waals surface area contributed by atoms with E-state index in [2.05, 4.69) is 0 Å². The average Bonchev–Trinajstić information content (AvgIpc) is 2.80. The molecule has 0 aliphatic carbocycles. The maximum atomic E-state index is 11.9. The van der Waals surface area contributed by atoms with Crippen LogP contribution in [0.15, 0.2) is 18.2 Å². The quantitative estimate of drug-likeness (QED) is 0.819. The summed E-state index contributed by atoms with van der Waals surface area (Å²) in [6.45, 7) is 2.74. The molecule has 0 atom stereocenters. The Labute approximate surface area is 107 Å². The number of carbonyl (C=O) groups excluding carboxylic acids is 2. The molecule has 0 saturated heterocycles. The maximum absolute atomic E-state index is 11.9. The fraction of sp³-hybridized carbons (Fsp3) is 0.429. The van der Waals surface area contributed by atoms with Gasteiger partial charge in [0.15, 0.2) is 5.78 Å². The SMILES string of the molecule is CCCC(=O)N1CCc2cc(C(=O)CN)ccc21. The van der Waals surface area contributed by atoms with Gasteiger partial charge in [-0.25, -0.2) is 0 Å². The van der Waals surface area contributed by atoms with Crippen LogP contribution < -0.4 is 10.6 Å². The number of fused-ring (bicyclic) bond motifs is 1. The minimum absolute atomic E-state index is 0.0251. The summed E-state index contributed by atoms with van der Waals surface area (Å²) in [7, 11) is 0. The molecular weight excluding hydrogens is 228 g/mol. The molecule has 1 aliphatic rings. The Morgan fingerprint density at radius 2 is 2.17 bits per heavy atom. The van der Waals surface area contributed by atoms with Crippen LogP contribution in [0.4, 0.5) is 5.69 Å². The second-order valence-electron chi connectivity index (χ2n) is 4.52. The predicted molar refractivity (Wildman–Crippen MR) is 70.8 cm³/mol. The molecule has 4 nitrogen and oxygen atoms in total. The molecule has 2 rings (SSSR count). The molecule has 1 amide bonds. The minimum atomic E-state index is -0.0591. The minimum Gasteiger partial charge on any atom is -0.324 e. The van der Waals surface area contributed by atoms with Crippen LogP contribution in [0.2, 0.25) is 0 Å². The van der Waals surface area contributed by atoms with Crippen LogP contribution in [0, 0.1) is 0 Å². The summed E-state index contributed by atoms with van der Waals surface area (Å²) in [5.74, 6) is 0.102. The highest BCUT2D eigenvalue weighted by Gasteiger charge is 2.24. The monoisotopic (exact) mass is 246 g/mol. The number of amides is 1. The fourth-order valence-corrected chi connectivity index (χ4v) is 2.30. The summed E-state index contributed by atoms with van der Waals surface area (Å²) in [6.07, 6.45) is 2.24. The number of hydrogen-bond donors (Lipinski definition) is 1. The van der Waals surface area contributed by atoms with E-state index in [1.807, 2.05) is 24.0 Å². The van der Waals surface area contributed by atoms with E-state index in [4.69, 9.17) is 5.73 Å². The molecule has 0 fully saturated rings. The van der Waals surface area contributed by atoms with Crippen molar-refractivity contribution in [2.24, 2.45) is 5.73 Å². The lowest BCUT2D eigenvalue weighted by molar-refractivity contribution is -0.118. The number of hydrogen-bond acceptors (Lipinski definition) is 3. The first-order valence-electron chi connectivity index (χ1n) is 6.34. The molecule has 96 valence electrons. The van der Waals surface area contributed by atoms with Crippen molar-refractivity contribution in [2.45, 2.75) is 26.2 Å². The van der Waals surface area contributed by atoms with E-state index in [1.54, 1.807) is 6.07 Å². The summed E-state index contributed by atoms with van der Waals surface area (Å²) in [5.41, 5.74) is 8.00. The van der Waals surface area contributed by atoms with Gasteiger partial charge in [0, 0.05) is 24.2 Å². The van der Waals surface area contributed by atoms with Crippen LogP contribution in [-0.4, -0.2) is 24.8 Å². The summed E-state index contributed by atoms with van der Waals surface area (Å²) < 4.78 is 0. The highest BCUT2D eigenvalue weighted by molar-refractivity contribution is 6.00. The summed E-state index contributed by atoms with van der Waals surface area (Å²) in [4.78, 5) is 25.3. The van der Waals surface area contributed by atoms with Gasteiger partial charge in [0.1, 0.15) is 0 Å². The zero-order valence-electron chi connectivity index (χ0n) is 10.6. The summed E-state index contributed by atoms with van der Waals surface area (Å²) in [5, 5.41) is 0. The molecule has 0 spiro atoms. The van der Waals surface area contributed by atoms with Crippen molar-refractivity contribution in [1.29, 1.82) is 0 Å². The Morgan fingerprint density at radius 1 is 1.39 bits per heavy atom. The predicted octanol–water partition coefficient (Wildman–Crippen LogP) is 1.52. The van der Waals surface area contributed by atoms with Crippen LogP contribution in [0.5, 0.6) is 0 Å². The van der Waals surface area contributed by atoms with Gasteiger partial charge in [-0.05, 0) is 36.6 Å². The molecule has 0 bridgehead atoms. The number of benzene rings is 1. The van der Waals surface area contributed by atoms with Crippen molar-refractivity contribution < 1.29 is 9.59 Å². The van der Waals surface area contributed by atoms with Gasteiger partial charge in [-0.1, -0.05) is 6.92 Å². The number of nitrogens with zero attached hydrogens (tertiary/aromatic N) is 1. The first kappa shape index (κ1) is 12.8. The third-order valence-electron chi connectivity index (χ3n) is 3.25. The lowest BCUT2D eigenvalue weighted by atomic mass is 10.1. The van der Waals surface area contributed by atoms with E-state index in [9.17, 15) is 9.59 Å². The number of carbonyl (C=O) groups is 2. The lowest BCUT2D eigenvalue weighted by Gasteiger charge is -2.17. The van der Waals surface area contributed by atoms with Gasteiger partial charge in [-0.3, -0.25) is 9.59 Å². The molecule has 1 aromatic rings. The first-order valence-corrected chi connectivity index (χ1v) is 6.34. The molecule has 4 heteroatoms. The standard InChI is InChI=1S/C14H18N2O2/c1-2-3-14(18)16-7-6-10-8-11(13(17)9-15)4-5-12(10)16/h4-5,8H,2-3,6-7,9,15H2,1H3. The van der Waals surface area contributed by atoms with Crippen LogP contribution in [0.3, 0.4) is 0 Å². The molecule has 0 unspecified atom stereocenters. The van der Waals surface area contributed by atoms with Gasteiger partial charge in [0.25, 0.3) is 0 Å². The molecule has 18 heavy (non-hydrogen) atoms. The highest BCUT2D eigenvalue weighted by atomic mass is 16.2. The zero-order chi connectivity index (χ0) is 13.1. The smallest absolute Gasteiger partial charge is 0.226 e. The van der Waals surface area contributed by atoms with Gasteiger partial charge < -0.3 is 10.6 Å². The van der Waals surface area contributed by atoms with Gasteiger partial charge >= 0.3 is 0 Å². The lowest BCUT2D eigenvalue weighted by Crippen LogP contribution is -2.28. The van der Waals surface area contributed by atoms with Crippen LogP contribution in [0.1, 0.15) is 35.7 Å². The Hall–Kier alpha value is -1.68. The van der Waals surface area contributed by atoms with Gasteiger partial charge in [0.2, 0.25) is 5.91 Å². The van der Waals surface area contributed by atoms with Crippen molar-refractivity contribution in [3.8, 4) is 0 Å². The van der Waals surface area contributed by atoms with Gasteiger partial charge in [-0.2, -0.15) is 0 Å². The number of Topliss-reactive ketones (excluding diaryl/α,β-unsaturated/α-hetero) is 1. The van der Waals surface area contributed by atoms with Crippen LogP contribution >= 0.6 is 0 Å². The van der Waals surface area contributed by atoms with E-state index in [0.717, 1.165) is 24.1 Å².